The van der Waals surface area contributed by atoms with Crippen molar-refractivity contribution in [2.75, 3.05) is 5.32 Å². The maximum atomic E-state index is 12.0. The van der Waals surface area contributed by atoms with Gasteiger partial charge in [0.05, 0.1) is 0 Å². The molecule has 3 aromatic rings. The van der Waals surface area contributed by atoms with Crippen molar-refractivity contribution >= 4 is 23.5 Å². The van der Waals surface area contributed by atoms with Gasteiger partial charge in [0.25, 0.3) is 0 Å². The largest absolute Gasteiger partial charge is 0.457 e. The average molecular weight is 331 g/mol. The van der Waals surface area contributed by atoms with E-state index in [1.165, 1.54) is 13.0 Å². The number of carbonyl (C=O) groups excluding carboxylic acids is 2. The molecule has 25 heavy (non-hydrogen) atoms. The number of carbonyl (C=O) groups is 2. The Morgan fingerprint density at radius 2 is 1.76 bits per heavy atom. The van der Waals surface area contributed by atoms with Crippen LogP contribution < -0.4 is 5.32 Å². The molecule has 0 aliphatic carbocycles. The molecule has 0 saturated heterocycles. The van der Waals surface area contributed by atoms with Gasteiger partial charge < -0.3 is 9.73 Å². The highest BCUT2D eigenvalue weighted by molar-refractivity contribution is 6.03. The van der Waals surface area contributed by atoms with E-state index in [4.69, 9.17) is 4.42 Å². The highest BCUT2D eigenvalue weighted by Crippen LogP contribution is 2.22. The van der Waals surface area contributed by atoms with Gasteiger partial charge in [0.15, 0.2) is 5.78 Å². The Kier molecular flexibility index (Phi) is 4.90. The third kappa shape index (κ3) is 4.32. The molecule has 0 aliphatic rings. The second kappa shape index (κ2) is 7.45. The predicted octanol–water partition coefficient (Wildman–Crippen LogP) is 4.80. The van der Waals surface area contributed by atoms with Gasteiger partial charge in [0.1, 0.15) is 11.5 Å². The summed E-state index contributed by atoms with van der Waals surface area (Å²) in [5, 5.41) is 2.73. The van der Waals surface area contributed by atoms with Crippen LogP contribution in [0.15, 0.2) is 77.2 Å². The van der Waals surface area contributed by atoms with Crippen molar-refractivity contribution in [2.24, 2.45) is 0 Å². The van der Waals surface area contributed by atoms with E-state index in [1.54, 1.807) is 30.3 Å². The number of anilines is 1. The van der Waals surface area contributed by atoms with Crippen molar-refractivity contribution in [1.82, 2.24) is 0 Å². The van der Waals surface area contributed by atoms with Crippen molar-refractivity contribution in [1.29, 1.82) is 0 Å². The molecule has 0 radical (unpaired) electrons. The molecular weight excluding hydrogens is 314 g/mol. The first-order valence-electron chi connectivity index (χ1n) is 7.87. The highest BCUT2D eigenvalue weighted by Gasteiger charge is 2.04. The van der Waals surface area contributed by atoms with Crippen LogP contribution in [0.1, 0.15) is 23.0 Å². The fourth-order valence-electron chi connectivity index (χ4n) is 2.36. The highest BCUT2D eigenvalue weighted by atomic mass is 16.3. The molecule has 2 aromatic carbocycles. The van der Waals surface area contributed by atoms with Crippen LogP contribution in [-0.2, 0) is 4.79 Å². The molecule has 0 atom stereocenters. The summed E-state index contributed by atoms with van der Waals surface area (Å²) in [5.41, 5.74) is 2.11. The van der Waals surface area contributed by atoms with Crippen LogP contribution >= 0.6 is 0 Å². The van der Waals surface area contributed by atoms with Gasteiger partial charge in [-0.3, -0.25) is 9.59 Å². The summed E-state index contributed by atoms with van der Waals surface area (Å²) in [4.78, 5) is 23.4. The van der Waals surface area contributed by atoms with Gasteiger partial charge >= 0.3 is 0 Å². The molecular formula is C21H17NO3. The van der Waals surface area contributed by atoms with Crippen LogP contribution in [-0.4, -0.2) is 11.7 Å². The first kappa shape index (κ1) is 16.5. The average Bonchev–Trinajstić information content (AvgIpc) is 3.10. The van der Waals surface area contributed by atoms with E-state index in [9.17, 15) is 9.59 Å². The second-order valence-electron chi connectivity index (χ2n) is 5.53. The fraction of sp³-hybridized carbons (Fsp3) is 0.0476. The number of hydrogen-bond donors (Lipinski definition) is 1. The Balaban J connectivity index is 1.66. The predicted molar refractivity (Wildman–Crippen MR) is 98.3 cm³/mol. The lowest BCUT2D eigenvalue weighted by Crippen LogP contribution is -2.08. The number of hydrogen-bond acceptors (Lipinski definition) is 3. The lowest BCUT2D eigenvalue weighted by molar-refractivity contribution is -0.111. The van der Waals surface area contributed by atoms with Crippen molar-refractivity contribution in [3.8, 4) is 11.3 Å². The summed E-state index contributed by atoms with van der Waals surface area (Å²) in [6.07, 6.45) is 3.00. The van der Waals surface area contributed by atoms with Gasteiger partial charge in [0, 0.05) is 22.9 Å². The van der Waals surface area contributed by atoms with E-state index in [1.807, 2.05) is 42.5 Å². The van der Waals surface area contributed by atoms with Crippen molar-refractivity contribution in [3.05, 3.63) is 84.1 Å². The molecule has 0 unspecified atom stereocenters. The van der Waals surface area contributed by atoms with Crippen molar-refractivity contribution < 1.29 is 14.0 Å². The van der Waals surface area contributed by atoms with E-state index >= 15 is 0 Å². The van der Waals surface area contributed by atoms with E-state index in [2.05, 4.69) is 5.32 Å². The van der Waals surface area contributed by atoms with Gasteiger partial charge in [-0.15, -0.1) is 0 Å². The number of rotatable bonds is 5. The standard InChI is InChI=1S/C21H17NO3/c1-15(23)17-8-5-9-18(14-17)22-21(24)13-11-19-10-12-20(25-19)16-6-3-2-4-7-16/h2-14H,1H3,(H,22,24)/b13-11+. The maximum absolute atomic E-state index is 12.0. The number of ketones is 1. The van der Waals surface area contributed by atoms with Gasteiger partial charge in [0.2, 0.25) is 5.91 Å². The van der Waals surface area contributed by atoms with Crippen LogP contribution in [0.25, 0.3) is 17.4 Å². The van der Waals surface area contributed by atoms with Crippen molar-refractivity contribution in [3.63, 3.8) is 0 Å². The van der Waals surface area contributed by atoms with E-state index in [0.29, 0.717) is 17.0 Å². The van der Waals surface area contributed by atoms with Crippen LogP contribution in [0.5, 0.6) is 0 Å². The van der Waals surface area contributed by atoms with Gasteiger partial charge in [-0.05, 0) is 37.3 Å². The number of furan rings is 1. The second-order valence-corrected chi connectivity index (χ2v) is 5.53. The molecule has 0 spiro atoms. The molecule has 0 saturated carbocycles. The molecule has 3 rings (SSSR count). The maximum Gasteiger partial charge on any atom is 0.248 e. The topological polar surface area (TPSA) is 59.3 Å². The zero-order valence-electron chi connectivity index (χ0n) is 13.7. The molecule has 0 aliphatic heterocycles. The summed E-state index contributed by atoms with van der Waals surface area (Å²) >= 11 is 0. The lowest BCUT2D eigenvalue weighted by Gasteiger charge is -2.03. The Morgan fingerprint density at radius 3 is 2.52 bits per heavy atom. The zero-order valence-corrected chi connectivity index (χ0v) is 13.7. The van der Waals surface area contributed by atoms with E-state index in [-0.39, 0.29) is 11.7 Å². The number of Topliss-reactive ketones (excluding diaryl/α,β-unsaturated/α-hetero) is 1. The number of benzene rings is 2. The Bertz CT molecular complexity index is 923. The van der Waals surface area contributed by atoms with Crippen molar-refractivity contribution in [2.45, 2.75) is 6.92 Å². The fourth-order valence-corrected chi connectivity index (χ4v) is 2.36. The molecule has 0 fully saturated rings. The third-order valence-corrected chi connectivity index (χ3v) is 3.62. The summed E-state index contributed by atoms with van der Waals surface area (Å²) < 4.78 is 5.71. The monoisotopic (exact) mass is 331 g/mol. The summed E-state index contributed by atoms with van der Waals surface area (Å²) in [6, 6.07) is 20.2. The molecule has 1 amide bonds. The minimum absolute atomic E-state index is 0.0457. The van der Waals surface area contributed by atoms with Crippen LogP contribution in [0, 0.1) is 0 Å². The normalized spacial score (nSPS) is 10.8. The first-order chi connectivity index (χ1) is 12.1. The molecule has 1 heterocycles. The molecule has 4 heteroatoms. The number of amides is 1. The van der Waals surface area contributed by atoms with Crippen LogP contribution in [0.2, 0.25) is 0 Å². The Labute approximate surface area is 145 Å². The van der Waals surface area contributed by atoms with Gasteiger partial charge in [-0.2, -0.15) is 0 Å². The van der Waals surface area contributed by atoms with Crippen LogP contribution in [0.4, 0.5) is 5.69 Å². The smallest absolute Gasteiger partial charge is 0.248 e. The molecule has 4 nitrogen and oxygen atoms in total. The zero-order chi connectivity index (χ0) is 17.6. The number of nitrogens with one attached hydrogen (secondary N) is 1. The van der Waals surface area contributed by atoms with Gasteiger partial charge in [-0.25, -0.2) is 0 Å². The lowest BCUT2D eigenvalue weighted by atomic mass is 10.1. The molecule has 124 valence electrons. The SMILES string of the molecule is CC(=O)c1cccc(NC(=O)/C=C/c2ccc(-c3ccccc3)o2)c1. The van der Waals surface area contributed by atoms with Crippen LogP contribution in [0.3, 0.4) is 0 Å². The minimum Gasteiger partial charge on any atom is -0.457 e. The molecule has 0 bridgehead atoms. The third-order valence-electron chi connectivity index (χ3n) is 3.62. The minimum atomic E-state index is -0.293. The quantitative estimate of drug-likeness (QED) is 0.539. The first-order valence-corrected chi connectivity index (χ1v) is 7.87. The summed E-state index contributed by atoms with van der Waals surface area (Å²) in [7, 11) is 0. The summed E-state index contributed by atoms with van der Waals surface area (Å²) in [6.45, 7) is 1.49. The Morgan fingerprint density at radius 1 is 0.960 bits per heavy atom. The van der Waals surface area contributed by atoms with E-state index in [0.717, 1.165) is 11.3 Å². The van der Waals surface area contributed by atoms with E-state index < -0.39 is 0 Å². The molecule has 1 aromatic heterocycles. The molecule has 1 N–H and O–H groups in total. The van der Waals surface area contributed by atoms with Gasteiger partial charge in [-0.1, -0.05) is 42.5 Å². The Hall–Kier alpha value is -3.40. The summed E-state index contributed by atoms with van der Waals surface area (Å²) in [5.74, 6) is 0.996.